The van der Waals surface area contributed by atoms with Gasteiger partial charge in [0.15, 0.2) is 0 Å². The summed E-state index contributed by atoms with van der Waals surface area (Å²) in [5.41, 5.74) is 0.182. The second kappa shape index (κ2) is 11.6. The van der Waals surface area contributed by atoms with E-state index in [0.717, 1.165) is 18.4 Å². The lowest BCUT2D eigenvalue weighted by Crippen LogP contribution is -2.58. The summed E-state index contributed by atoms with van der Waals surface area (Å²) >= 11 is 0. The Labute approximate surface area is 247 Å². The number of carbonyl (C=O) groups excluding carboxylic acids is 4. The molecule has 1 spiro atoms. The smallest absolute Gasteiger partial charge is 0.318 e. The number of hydrogen-bond acceptors (Lipinski definition) is 5. The lowest BCUT2D eigenvalue weighted by Gasteiger charge is -2.37. The van der Waals surface area contributed by atoms with Crippen molar-refractivity contribution in [1.82, 2.24) is 20.0 Å². The summed E-state index contributed by atoms with van der Waals surface area (Å²) in [6.45, 7) is 15.8. The monoisotopic (exact) mass is 578 g/mol. The number of amides is 5. The highest BCUT2D eigenvalue weighted by molar-refractivity contribution is 6.07. The van der Waals surface area contributed by atoms with E-state index in [9.17, 15) is 19.2 Å². The zero-order valence-corrected chi connectivity index (χ0v) is 25.0. The van der Waals surface area contributed by atoms with Gasteiger partial charge in [-0.25, -0.2) is 11.4 Å². The molecule has 3 fully saturated rings. The van der Waals surface area contributed by atoms with Crippen LogP contribution in [0.1, 0.15) is 58.4 Å². The number of morpholine rings is 1. The number of nitrogens with zero attached hydrogens (tertiary/aromatic N) is 4. The molecule has 3 aliphatic heterocycles. The third-order valence-corrected chi connectivity index (χ3v) is 8.95. The van der Waals surface area contributed by atoms with E-state index < -0.39 is 23.7 Å². The van der Waals surface area contributed by atoms with Crippen molar-refractivity contribution in [3.8, 4) is 0 Å². The first-order chi connectivity index (χ1) is 19.9. The number of fused-ring (bicyclic) bond motifs is 2. The van der Waals surface area contributed by atoms with E-state index in [1.165, 1.54) is 9.80 Å². The molecule has 4 aliphatic rings. The van der Waals surface area contributed by atoms with E-state index in [2.05, 4.69) is 15.5 Å². The van der Waals surface area contributed by atoms with E-state index in [4.69, 9.17) is 11.3 Å². The SMILES string of the molecule is [C-]#[N+][C@@H]1C[C@@]2(CN1C(=O)[C@H](CC(C)(C)C)N(C)C(=O)[C@H](CC1CC1)NC(=O)N1CCOCC1)C(=O)Nc1ccccc12. The van der Waals surface area contributed by atoms with E-state index in [1.54, 1.807) is 11.9 Å². The molecule has 5 rings (SSSR count). The van der Waals surface area contributed by atoms with Crippen LogP contribution in [0.4, 0.5) is 10.5 Å². The molecule has 11 heteroatoms. The number of likely N-dealkylation sites (N-methyl/N-ethyl adjacent to an activating group) is 1. The van der Waals surface area contributed by atoms with Crippen LogP contribution in [0.3, 0.4) is 0 Å². The van der Waals surface area contributed by atoms with E-state index in [1.807, 2.05) is 45.0 Å². The fraction of sp³-hybridized carbons (Fsp3) is 0.645. The van der Waals surface area contributed by atoms with Gasteiger partial charge >= 0.3 is 12.2 Å². The Hall–Kier alpha value is -3.65. The first-order valence-electron chi connectivity index (χ1n) is 14.9. The fourth-order valence-electron chi connectivity index (χ4n) is 6.43. The molecule has 1 aliphatic carbocycles. The van der Waals surface area contributed by atoms with Gasteiger partial charge in [-0.3, -0.25) is 24.1 Å². The lowest BCUT2D eigenvalue weighted by molar-refractivity contribution is -0.147. The largest absolute Gasteiger partial charge is 0.378 e. The minimum Gasteiger partial charge on any atom is -0.378 e. The summed E-state index contributed by atoms with van der Waals surface area (Å²) in [5, 5.41) is 5.89. The van der Waals surface area contributed by atoms with Gasteiger partial charge in [0.2, 0.25) is 11.8 Å². The molecule has 42 heavy (non-hydrogen) atoms. The first kappa shape index (κ1) is 29.8. The predicted molar refractivity (Wildman–Crippen MR) is 156 cm³/mol. The zero-order valence-electron chi connectivity index (χ0n) is 25.0. The topological polar surface area (TPSA) is 116 Å². The van der Waals surface area contributed by atoms with Crippen molar-refractivity contribution in [3.63, 3.8) is 0 Å². The number of hydrogen-bond donors (Lipinski definition) is 2. The molecule has 1 saturated carbocycles. The van der Waals surface area contributed by atoms with Crippen molar-refractivity contribution in [2.24, 2.45) is 11.3 Å². The molecule has 1 aromatic rings. The van der Waals surface area contributed by atoms with Crippen molar-refractivity contribution in [3.05, 3.63) is 41.2 Å². The summed E-state index contributed by atoms with van der Waals surface area (Å²) in [6.07, 6.45) is 2.27. The van der Waals surface area contributed by atoms with Gasteiger partial charge in [0.05, 0.1) is 19.6 Å². The Morgan fingerprint density at radius 1 is 1.21 bits per heavy atom. The third-order valence-electron chi connectivity index (χ3n) is 8.95. The van der Waals surface area contributed by atoms with Crippen LogP contribution in [-0.4, -0.2) is 96.6 Å². The summed E-state index contributed by atoms with van der Waals surface area (Å²) in [6, 6.07) is 5.49. The number of para-hydroxylation sites is 1. The quantitative estimate of drug-likeness (QED) is 0.483. The summed E-state index contributed by atoms with van der Waals surface area (Å²) in [7, 11) is 1.62. The number of carbonyl (C=O) groups is 4. The molecule has 1 aromatic carbocycles. The molecular formula is C31H42N6O5. The van der Waals surface area contributed by atoms with Crippen LogP contribution in [0.15, 0.2) is 24.3 Å². The van der Waals surface area contributed by atoms with E-state index >= 15 is 0 Å². The van der Waals surface area contributed by atoms with Crippen LogP contribution in [0.5, 0.6) is 0 Å². The standard InChI is InChI=1S/C31H42N6O5/c1-30(2,3)17-24(35(5)26(38)23(16-20-10-11-20)34-29(41)36-12-14-42-15-13-36)27(39)37-19-31(18-25(37)32-4)21-8-6-7-9-22(21)33-28(31)40/h6-9,20,23-25H,10-19H2,1-3,5H3,(H,33,40)(H,34,41)/t23-,24-,25-,31-/m0/s1. The average Bonchev–Trinajstić information content (AvgIpc) is 3.64. The Kier molecular flexibility index (Phi) is 8.21. The molecule has 2 N–H and O–H groups in total. The molecule has 2 saturated heterocycles. The summed E-state index contributed by atoms with van der Waals surface area (Å²) in [4.78, 5) is 63.2. The van der Waals surface area contributed by atoms with Crippen molar-refractivity contribution < 1.29 is 23.9 Å². The van der Waals surface area contributed by atoms with Gasteiger partial charge in [-0.15, -0.1) is 0 Å². The second-order valence-electron chi connectivity index (χ2n) is 13.4. The number of benzene rings is 1. The maximum absolute atomic E-state index is 14.4. The zero-order chi connectivity index (χ0) is 30.2. The Bertz CT molecular complexity index is 1280. The van der Waals surface area contributed by atoms with Gasteiger partial charge in [-0.05, 0) is 35.8 Å². The van der Waals surface area contributed by atoms with Crippen molar-refractivity contribution in [1.29, 1.82) is 0 Å². The lowest BCUT2D eigenvalue weighted by atomic mass is 9.80. The maximum Gasteiger partial charge on any atom is 0.318 e. The van der Waals surface area contributed by atoms with Crippen molar-refractivity contribution in [2.45, 2.75) is 76.5 Å². The van der Waals surface area contributed by atoms with Crippen LogP contribution in [0, 0.1) is 17.9 Å². The minimum absolute atomic E-state index is 0.0731. The van der Waals surface area contributed by atoms with E-state index in [-0.39, 0.29) is 42.1 Å². The number of anilines is 1. The van der Waals surface area contributed by atoms with Crippen molar-refractivity contribution in [2.75, 3.05) is 45.2 Å². The highest BCUT2D eigenvalue weighted by Gasteiger charge is 2.59. The van der Waals surface area contributed by atoms with Gasteiger partial charge < -0.3 is 25.2 Å². The second-order valence-corrected chi connectivity index (χ2v) is 13.4. The fourth-order valence-corrected chi connectivity index (χ4v) is 6.43. The molecule has 4 atom stereocenters. The van der Waals surface area contributed by atoms with E-state index in [0.29, 0.717) is 50.8 Å². The van der Waals surface area contributed by atoms with Crippen LogP contribution < -0.4 is 10.6 Å². The number of ether oxygens (including phenoxy) is 1. The average molecular weight is 579 g/mol. The molecule has 3 heterocycles. The number of nitrogens with one attached hydrogen (secondary N) is 2. The summed E-state index contributed by atoms with van der Waals surface area (Å²) < 4.78 is 5.36. The predicted octanol–water partition coefficient (Wildman–Crippen LogP) is 2.83. The number of rotatable bonds is 7. The molecule has 11 nitrogen and oxygen atoms in total. The van der Waals surface area contributed by atoms with Crippen LogP contribution in [-0.2, 0) is 24.5 Å². The van der Waals surface area contributed by atoms with Crippen LogP contribution in [0.2, 0.25) is 0 Å². The normalized spacial score (nSPS) is 24.9. The Balaban J connectivity index is 1.39. The first-order valence-corrected chi connectivity index (χ1v) is 14.9. The molecular weight excluding hydrogens is 536 g/mol. The van der Waals surface area contributed by atoms with Gasteiger partial charge in [-0.2, -0.15) is 0 Å². The van der Waals surface area contributed by atoms with Gasteiger partial charge in [0.1, 0.15) is 17.5 Å². The number of urea groups is 1. The van der Waals surface area contributed by atoms with Gasteiger partial charge in [-0.1, -0.05) is 51.8 Å². The molecule has 0 radical (unpaired) electrons. The third kappa shape index (κ3) is 5.95. The highest BCUT2D eigenvalue weighted by Crippen LogP contribution is 2.47. The number of likely N-dealkylation sites (tertiary alicyclic amines) is 1. The van der Waals surface area contributed by atoms with Gasteiger partial charge in [0.25, 0.3) is 5.91 Å². The van der Waals surface area contributed by atoms with Crippen LogP contribution in [0.25, 0.3) is 4.85 Å². The summed E-state index contributed by atoms with van der Waals surface area (Å²) in [5.74, 6) is -0.511. The molecule has 0 bridgehead atoms. The Morgan fingerprint density at radius 3 is 2.55 bits per heavy atom. The minimum atomic E-state index is -1.00. The molecule has 0 unspecified atom stereocenters. The molecule has 0 aromatic heterocycles. The molecule has 5 amide bonds. The van der Waals surface area contributed by atoms with Crippen LogP contribution >= 0.6 is 0 Å². The maximum atomic E-state index is 14.4. The van der Waals surface area contributed by atoms with Gasteiger partial charge in [0, 0.05) is 32.4 Å². The van der Waals surface area contributed by atoms with Crippen molar-refractivity contribution >= 4 is 29.4 Å². The highest BCUT2D eigenvalue weighted by atomic mass is 16.5. The molecule has 226 valence electrons. The Morgan fingerprint density at radius 2 is 1.90 bits per heavy atom.